The molecule has 0 aliphatic carbocycles. The van der Waals surface area contributed by atoms with Crippen LogP contribution in [0, 0.1) is 11.8 Å². The average molecular weight is 175 g/mol. The summed E-state index contributed by atoms with van der Waals surface area (Å²) in [5.41, 5.74) is -0.00942. The molecule has 0 bridgehead atoms. The summed E-state index contributed by atoms with van der Waals surface area (Å²) in [5, 5.41) is 3.10. The van der Waals surface area contributed by atoms with Gasteiger partial charge >= 0.3 is 6.18 Å². The second kappa shape index (κ2) is 2.89. The second-order valence-electron chi connectivity index (χ2n) is 1.95. The summed E-state index contributed by atoms with van der Waals surface area (Å²) in [7, 11) is 0. The Balaban J connectivity index is 2.97. The third-order valence-corrected chi connectivity index (χ3v) is 1.04. The Kier molecular flexibility index (Phi) is 2.09. The van der Waals surface area contributed by atoms with E-state index in [1.807, 2.05) is 0 Å². The van der Waals surface area contributed by atoms with Gasteiger partial charge in [-0.15, -0.1) is 0 Å². The molecule has 0 atom stereocenters. The molecule has 1 rings (SSSR count). The predicted molar refractivity (Wildman–Crippen MR) is 34.1 cm³/mol. The Bertz CT molecular complexity index is 328. The third kappa shape index (κ3) is 1.78. The fourth-order valence-corrected chi connectivity index (χ4v) is 0.596. The van der Waals surface area contributed by atoms with Gasteiger partial charge < -0.3 is 4.52 Å². The molecule has 0 radical (unpaired) electrons. The van der Waals surface area contributed by atoms with Gasteiger partial charge in [0.05, 0.1) is 0 Å². The van der Waals surface area contributed by atoms with Crippen molar-refractivity contribution in [2.45, 2.75) is 13.1 Å². The van der Waals surface area contributed by atoms with Crippen molar-refractivity contribution in [2.24, 2.45) is 0 Å². The molecular weight excluding hydrogens is 171 g/mol. The van der Waals surface area contributed by atoms with Crippen LogP contribution in [-0.2, 0) is 6.18 Å². The van der Waals surface area contributed by atoms with Crippen molar-refractivity contribution in [3.05, 3.63) is 17.5 Å². The van der Waals surface area contributed by atoms with Gasteiger partial charge in [0.1, 0.15) is 0 Å². The third-order valence-electron chi connectivity index (χ3n) is 1.04. The summed E-state index contributed by atoms with van der Waals surface area (Å²) in [4.78, 5) is 0. The van der Waals surface area contributed by atoms with Gasteiger partial charge in [-0.2, -0.15) is 13.2 Å². The van der Waals surface area contributed by atoms with Crippen LogP contribution in [0.3, 0.4) is 0 Å². The minimum atomic E-state index is -4.49. The molecule has 1 aromatic heterocycles. The highest BCUT2D eigenvalue weighted by atomic mass is 19.4. The van der Waals surface area contributed by atoms with Gasteiger partial charge in [0.25, 0.3) is 0 Å². The maximum atomic E-state index is 11.9. The molecule has 0 fully saturated rings. The highest BCUT2D eigenvalue weighted by Crippen LogP contribution is 2.29. The molecule has 1 aromatic rings. The molecule has 0 saturated heterocycles. The first-order valence-corrected chi connectivity index (χ1v) is 3.00. The number of alkyl halides is 3. The summed E-state index contributed by atoms with van der Waals surface area (Å²) in [6.45, 7) is 1.50. The highest BCUT2D eigenvalue weighted by molar-refractivity contribution is 5.27. The van der Waals surface area contributed by atoms with Gasteiger partial charge in [-0.05, 0) is 12.8 Å². The van der Waals surface area contributed by atoms with E-state index in [-0.39, 0.29) is 5.69 Å². The lowest BCUT2D eigenvalue weighted by Gasteiger charge is -1.96. The van der Waals surface area contributed by atoms with Gasteiger partial charge in [-0.1, -0.05) is 11.1 Å². The number of aromatic nitrogens is 1. The van der Waals surface area contributed by atoms with Gasteiger partial charge in [0.2, 0.25) is 5.76 Å². The summed E-state index contributed by atoms with van der Waals surface area (Å²) >= 11 is 0. The molecule has 0 aliphatic heterocycles. The Morgan fingerprint density at radius 3 is 2.58 bits per heavy atom. The number of hydrogen-bond donors (Lipinski definition) is 0. The summed E-state index contributed by atoms with van der Waals surface area (Å²) in [5.74, 6) is 3.63. The van der Waals surface area contributed by atoms with E-state index in [0.717, 1.165) is 6.07 Å². The average Bonchev–Trinajstić information content (AvgIpc) is 2.35. The van der Waals surface area contributed by atoms with Crippen molar-refractivity contribution in [2.75, 3.05) is 0 Å². The molecule has 0 amide bonds. The lowest BCUT2D eigenvalue weighted by atomic mass is 10.3. The van der Waals surface area contributed by atoms with Crippen LogP contribution in [0.15, 0.2) is 10.6 Å². The second-order valence-corrected chi connectivity index (χ2v) is 1.95. The summed E-state index contributed by atoms with van der Waals surface area (Å²) in [6, 6.07) is 0.760. The Morgan fingerprint density at radius 1 is 1.50 bits per heavy atom. The molecule has 64 valence electrons. The van der Waals surface area contributed by atoms with Crippen LogP contribution >= 0.6 is 0 Å². The number of rotatable bonds is 0. The molecule has 12 heavy (non-hydrogen) atoms. The number of halogens is 3. The van der Waals surface area contributed by atoms with Crippen LogP contribution in [0.1, 0.15) is 18.4 Å². The molecule has 0 unspecified atom stereocenters. The monoisotopic (exact) mass is 175 g/mol. The topological polar surface area (TPSA) is 26.0 Å². The molecule has 0 N–H and O–H groups in total. The SMILES string of the molecule is CC#Cc1cc(C(F)(F)F)on1. The van der Waals surface area contributed by atoms with E-state index in [9.17, 15) is 13.2 Å². The summed E-state index contributed by atoms with van der Waals surface area (Å²) < 4.78 is 39.6. The number of hydrogen-bond acceptors (Lipinski definition) is 2. The highest BCUT2D eigenvalue weighted by Gasteiger charge is 2.35. The van der Waals surface area contributed by atoms with Crippen LogP contribution in [0.4, 0.5) is 13.2 Å². The van der Waals surface area contributed by atoms with Crippen LogP contribution in [0.5, 0.6) is 0 Å². The van der Waals surface area contributed by atoms with Crippen LogP contribution in [0.25, 0.3) is 0 Å². The minimum absolute atomic E-state index is 0.00942. The van der Waals surface area contributed by atoms with Crippen molar-refractivity contribution < 1.29 is 17.7 Å². The quantitative estimate of drug-likeness (QED) is 0.564. The van der Waals surface area contributed by atoms with Crippen molar-refractivity contribution >= 4 is 0 Å². The lowest BCUT2D eigenvalue weighted by molar-refractivity contribution is -0.155. The van der Waals surface area contributed by atoms with Crippen molar-refractivity contribution in [1.82, 2.24) is 5.16 Å². The Labute approximate surface area is 66.4 Å². The van der Waals surface area contributed by atoms with Gasteiger partial charge in [-0.3, -0.25) is 0 Å². The van der Waals surface area contributed by atoms with Gasteiger partial charge in [0.15, 0.2) is 5.69 Å². The molecular formula is C7H4F3NO. The maximum Gasteiger partial charge on any atom is 0.452 e. The zero-order valence-electron chi connectivity index (χ0n) is 6.07. The van der Waals surface area contributed by atoms with Gasteiger partial charge in [-0.25, -0.2) is 0 Å². The van der Waals surface area contributed by atoms with Crippen LogP contribution in [-0.4, -0.2) is 5.16 Å². The zero-order chi connectivity index (χ0) is 9.19. The fourth-order valence-electron chi connectivity index (χ4n) is 0.596. The molecule has 0 aromatic carbocycles. The fraction of sp³-hybridized carbons (Fsp3) is 0.286. The standard InChI is InChI=1S/C7H4F3NO/c1-2-3-5-4-6(12-11-5)7(8,9)10/h4H,1H3. The van der Waals surface area contributed by atoms with Crippen molar-refractivity contribution in [3.63, 3.8) is 0 Å². The van der Waals surface area contributed by atoms with E-state index in [1.54, 1.807) is 0 Å². The maximum absolute atomic E-state index is 11.9. The number of nitrogens with zero attached hydrogens (tertiary/aromatic N) is 1. The summed E-state index contributed by atoms with van der Waals surface area (Å²) in [6.07, 6.45) is -4.49. The van der Waals surface area contributed by atoms with Gasteiger partial charge in [0, 0.05) is 6.07 Å². The van der Waals surface area contributed by atoms with Crippen LogP contribution in [0.2, 0.25) is 0 Å². The van der Waals surface area contributed by atoms with E-state index >= 15 is 0 Å². The molecule has 0 spiro atoms. The largest absolute Gasteiger partial charge is 0.452 e. The molecule has 0 saturated carbocycles. The normalized spacial score (nSPS) is 10.7. The predicted octanol–water partition coefficient (Wildman–Crippen LogP) is 2.06. The van der Waals surface area contributed by atoms with Crippen LogP contribution < -0.4 is 0 Å². The minimum Gasteiger partial charge on any atom is -0.350 e. The molecule has 5 heteroatoms. The van der Waals surface area contributed by atoms with Crippen molar-refractivity contribution in [3.8, 4) is 11.8 Å². The first-order valence-electron chi connectivity index (χ1n) is 3.00. The molecule has 1 heterocycles. The van der Waals surface area contributed by atoms with E-state index < -0.39 is 11.9 Å². The van der Waals surface area contributed by atoms with E-state index in [2.05, 4.69) is 21.5 Å². The van der Waals surface area contributed by atoms with E-state index in [1.165, 1.54) is 6.92 Å². The molecule has 2 nitrogen and oxygen atoms in total. The van der Waals surface area contributed by atoms with E-state index in [0.29, 0.717) is 0 Å². The molecule has 0 aliphatic rings. The van der Waals surface area contributed by atoms with E-state index in [4.69, 9.17) is 0 Å². The first kappa shape index (κ1) is 8.65. The van der Waals surface area contributed by atoms with Crippen molar-refractivity contribution in [1.29, 1.82) is 0 Å². The Hall–Kier alpha value is -1.44. The first-order chi connectivity index (χ1) is 5.54. The lowest BCUT2D eigenvalue weighted by Crippen LogP contribution is -2.02. The Morgan fingerprint density at radius 2 is 2.17 bits per heavy atom. The smallest absolute Gasteiger partial charge is 0.350 e. The zero-order valence-corrected chi connectivity index (χ0v) is 6.07.